The van der Waals surface area contributed by atoms with E-state index in [9.17, 15) is 22.8 Å². The molecule has 1 spiro atoms. The van der Waals surface area contributed by atoms with Gasteiger partial charge in [-0.1, -0.05) is 6.07 Å². The number of likely N-dealkylation sites (tertiary alicyclic amines) is 2. The van der Waals surface area contributed by atoms with Crippen LogP contribution >= 0.6 is 0 Å². The van der Waals surface area contributed by atoms with Crippen LogP contribution in [0.2, 0.25) is 0 Å². The largest absolute Gasteiger partial charge is 0.490 e. The first-order chi connectivity index (χ1) is 15.6. The van der Waals surface area contributed by atoms with Crippen molar-refractivity contribution in [2.45, 2.75) is 31.9 Å². The molecule has 1 N–H and O–H groups in total. The number of carbonyl (C=O) groups excluding carboxylic acids is 2. The fraction of sp³-hybridized carbons (Fsp3) is 0.636. The lowest BCUT2D eigenvalue weighted by molar-refractivity contribution is -0.192. The van der Waals surface area contributed by atoms with Crippen LogP contribution < -0.4 is 0 Å². The molecule has 1 unspecified atom stereocenters. The van der Waals surface area contributed by atoms with E-state index < -0.39 is 12.1 Å². The summed E-state index contributed by atoms with van der Waals surface area (Å²) in [6.45, 7) is 3.56. The average molecular weight is 471 g/mol. The third kappa shape index (κ3) is 6.01. The quantitative estimate of drug-likeness (QED) is 0.708. The van der Waals surface area contributed by atoms with Crippen LogP contribution in [0.15, 0.2) is 24.4 Å². The lowest BCUT2D eigenvalue weighted by Gasteiger charge is -2.41. The Labute approximate surface area is 189 Å². The van der Waals surface area contributed by atoms with E-state index in [2.05, 4.69) is 9.88 Å². The highest BCUT2D eigenvalue weighted by Gasteiger charge is 2.53. The first-order valence-electron chi connectivity index (χ1n) is 10.9. The van der Waals surface area contributed by atoms with Gasteiger partial charge >= 0.3 is 12.1 Å². The van der Waals surface area contributed by atoms with E-state index >= 15 is 0 Å². The van der Waals surface area contributed by atoms with Crippen molar-refractivity contribution < 1.29 is 37.4 Å². The summed E-state index contributed by atoms with van der Waals surface area (Å²) in [4.78, 5) is 42.6. The zero-order valence-corrected chi connectivity index (χ0v) is 18.4. The van der Waals surface area contributed by atoms with Gasteiger partial charge in [-0.05, 0) is 43.7 Å². The van der Waals surface area contributed by atoms with Crippen LogP contribution in [0, 0.1) is 17.3 Å². The van der Waals surface area contributed by atoms with E-state index in [4.69, 9.17) is 14.6 Å². The van der Waals surface area contributed by atoms with Crippen LogP contribution in [0.4, 0.5) is 13.2 Å². The number of carboxylic acid groups (broad SMARTS) is 1. The number of methoxy groups -OCH3 is 1. The molecule has 2 saturated heterocycles. The number of carbonyl (C=O) groups is 3. The zero-order valence-electron chi connectivity index (χ0n) is 18.4. The number of aromatic nitrogens is 1. The maximum absolute atomic E-state index is 12.9. The second kappa shape index (κ2) is 10.1. The van der Waals surface area contributed by atoms with Gasteiger partial charge in [-0.25, -0.2) is 4.79 Å². The number of hydrogen-bond acceptors (Lipinski definition) is 5. The average Bonchev–Trinajstić information content (AvgIpc) is 3.57. The molecule has 4 rings (SSSR count). The smallest absolute Gasteiger partial charge is 0.475 e. The number of aliphatic carboxylic acids is 1. The van der Waals surface area contributed by atoms with Crippen molar-refractivity contribution in [2.24, 2.45) is 17.3 Å². The highest BCUT2D eigenvalue weighted by atomic mass is 19.4. The highest BCUT2D eigenvalue weighted by Crippen LogP contribution is 2.46. The van der Waals surface area contributed by atoms with Gasteiger partial charge in [-0.2, -0.15) is 13.2 Å². The Hall–Kier alpha value is -2.69. The summed E-state index contributed by atoms with van der Waals surface area (Å²) >= 11 is 0. The van der Waals surface area contributed by atoms with Crippen LogP contribution in [-0.4, -0.2) is 83.7 Å². The number of carboxylic acids is 1. The summed E-state index contributed by atoms with van der Waals surface area (Å²) in [5.74, 6) is -1.89. The van der Waals surface area contributed by atoms with E-state index in [0.717, 1.165) is 25.9 Å². The molecule has 1 aromatic heterocycles. The third-order valence-corrected chi connectivity index (χ3v) is 6.54. The maximum atomic E-state index is 12.9. The summed E-state index contributed by atoms with van der Waals surface area (Å²) < 4.78 is 37.1. The molecule has 182 valence electrons. The number of pyridine rings is 1. The Bertz CT molecular complexity index is 853. The summed E-state index contributed by atoms with van der Waals surface area (Å²) in [7, 11) is 1.67. The number of nitrogens with zero attached hydrogens (tertiary/aromatic N) is 3. The fourth-order valence-corrected chi connectivity index (χ4v) is 4.54. The molecule has 8 nitrogen and oxygen atoms in total. The Kier molecular flexibility index (Phi) is 7.61. The molecule has 1 aliphatic carbocycles. The summed E-state index contributed by atoms with van der Waals surface area (Å²) in [5, 5.41) is 7.12. The lowest BCUT2D eigenvalue weighted by atomic mass is 9.71. The third-order valence-electron chi connectivity index (χ3n) is 6.54. The number of amides is 2. The minimum absolute atomic E-state index is 0.0112. The molecule has 2 amide bonds. The molecule has 3 aliphatic rings. The number of halogens is 3. The van der Waals surface area contributed by atoms with Gasteiger partial charge in [0.05, 0.1) is 12.5 Å². The standard InChI is InChI=1S/C20H27N3O3.C2HF3O2/c1-26-13-16-18(24)23(12-15-5-6-15)14-20(16)7-10-22(11-8-20)19(25)17-4-2-3-9-21-17;3-2(4,5)1(6)7/h2-4,9,15-16H,5-8,10-14H2,1H3;(H,6,7). The van der Waals surface area contributed by atoms with Crippen molar-refractivity contribution in [3.8, 4) is 0 Å². The van der Waals surface area contributed by atoms with Gasteiger partial charge in [0.2, 0.25) is 5.91 Å². The molecule has 1 atom stereocenters. The van der Waals surface area contributed by atoms with Gasteiger partial charge in [0.1, 0.15) is 5.69 Å². The highest BCUT2D eigenvalue weighted by molar-refractivity contribution is 5.92. The van der Waals surface area contributed by atoms with Gasteiger partial charge in [-0.3, -0.25) is 14.6 Å². The molecule has 0 aromatic carbocycles. The van der Waals surface area contributed by atoms with Crippen molar-refractivity contribution >= 4 is 17.8 Å². The Morgan fingerprint density at radius 1 is 1.24 bits per heavy atom. The summed E-state index contributed by atoms with van der Waals surface area (Å²) in [5.41, 5.74) is 0.442. The van der Waals surface area contributed by atoms with Crippen LogP contribution in [0.5, 0.6) is 0 Å². The molecule has 1 aromatic rings. The van der Waals surface area contributed by atoms with Crippen molar-refractivity contribution in [1.82, 2.24) is 14.8 Å². The van der Waals surface area contributed by atoms with Crippen LogP contribution in [0.1, 0.15) is 36.2 Å². The minimum atomic E-state index is -5.08. The number of ether oxygens (including phenoxy) is 1. The van der Waals surface area contributed by atoms with Gasteiger partial charge in [0.15, 0.2) is 0 Å². The minimum Gasteiger partial charge on any atom is -0.475 e. The van der Waals surface area contributed by atoms with Crippen LogP contribution in [0.3, 0.4) is 0 Å². The Morgan fingerprint density at radius 2 is 1.88 bits per heavy atom. The first kappa shape index (κ1) is 24.9. The van der Waals surface area contributed by atoms with Gasteiger partial charge in [0.25, 0.3) is 5.91 Å². The number of hydrogen-bond donors (Lipinski definition) is 1. The molecule has 2 aliphatic heterocycles. The molecular formula is C22H28F3N3O5. The molecule has 0 radical (unpaired) electrons. The predicted octanol–water partition coefficient (Wildman–Crippen LogP) is 2.45. The fourth-order valence-electron chi connectivity index (χ4n) is 4.54. The lowest BCUT2D eigenvalue weighted by Crippen LogP contribution is -2.47. The van der Waals surface area contributed by atoms with Crippen molar-refractivity contribution in [1.29, 1.82) is 0 Å². The second-order valence-corrected chi connectivity index (χ2v) is 8.84. The zero-order chi connectivity index (χ0) is 24.2. The van der Waals surface area contributed by atoms with E-state index in [-0.39, 0.29) is 23.1 Å². The molecular weight excluding hydrogens is 443 g/mol. The molecule has 3 heterocycles. The number of rotatable bonds is 5. The maximum Gasteiger partial charge on any atom is 0.490 e. The van der Waals surface area contributed by atoms with E-state index in [1.807, 2.05) is 17.0 Å². The second-order valence-electron chi connectivity index (χ2n) is 8.84. The predicted molar refractivity (Wildman–Crippen MR) is 110 cm³/mol. The van der Waals surface area contributed by atoms with Gasteiger partial charge in [0, 0.05) is 44.9 Å². The number of alkyl halides is 3. The Balaban J connectivity index is 0.000000383. The van der Waals surface area contributed by atoms with Crippen molar-refractivity contribution in [3.05, 3.63) is 30.1 Å². The van der Waals surface area contributed by atoms with Crippen LogP contribution in [0.25, 0.3) is 0 Å². The Morgan fingerprint density at radius 3 is 2.36 bits per heavy atom. The van der Waals surface area contributed by atoms with Crippen LogP contribution in [-0.2, 0) is 14.3 Å². The normalized spacial score (nSPS) is 22.2. The van der Waals surface area contributed by atoms with E-state index in [0.29, 0.717) is 31.3 Å². The van der Waals surface area contributed by atoms with Crippen molar-refractivity contribution in [3.63, 3.8) is 0 Å². The monoisotopic (exact) mass is 471 g/mol. The molecule has 11 heteroatoms. The van der Waals surface area contributed by atoms with Gasteiger partial charge < -0.3 is 19.6 Å². The number of piperidine rings is 1. The molecule has 33 heavy (non-hydrogen) atoms. The molecule has 0 bridgehead atoms. The van der Waals surface area contributed by atoms with E-state index in [1.54, 1.807) is 19.4 Å². The summed E-state index contributed by atoms with van der Waals surface area (Å²) in [6, 6.07) is 5.42. The molecule has 1 saturated carbocycles. The molecule has 3 fully saturated rings. The van der Waals surface area contributed by atoms with Gasteiger partial charge in [-0.15, -0.1) is 0 Å². The SMILES string of the molecule is COCC1C(=O)N(CC2CC2)CC12CCN(C(=O)c1ccccn1)CC2.O=C(O)C(F)(F)F. The summed E-state index contributed by atoms with van der Waals surface area (Å²) in [6.07, 6.45) is 0.772. The van der Waals surface area contributed by atoms with E-state index in [1.165, 1.54) is 12.8 Å². The topological polar surface area (TPSA) is 100 Å². The first-order valence-corrected chi connectivity index (χ1v) is 10.9. The van der Waals surface area contributed by atoms with Crippen molar-refractivity contribution in [2.75, 3.05) is 39.9 Å².